The highest BCUT2D eigenvalue weighted by molar-refractivity contribution is 5.84. The van der Waals surface area contributed by atoms with Crippen molar-refractivity contribution in [2.24, 2.45) is 0 Å². The summed E-state index contributed by atoms with van der Waals surface area (Å²) in [6.07, 6.45) is 0.628. The van der Waals surface area contributed by atoms with Crippen LogP contribution in [0.5, 0.6) is 0 Å². The van der Waals surface area contributed by atoms with Crippen LogP contribution < -0.4 is 10.6 Å². The van der Waals surface area contributed by atoms with Gasteiger partial charge in [0.25, 0.3) is 0 Å². The smallest absolute Gasteiger partial charge is 0.374 e. The Morgan fingerprint density at radius 1 is 1.37 bits per heavy atom. The summed E-state index contributed by atoms with van der Waals surface area (Å²) in [4.78, 5) is 11.5. The summed E-state index contributed by atoms with van der Waals surface area (Å²) in [5.74, 6) is 1.94. The van der Waals surface area contributed by atoms with E-state index in [1.807, 2.05) is 0 Å². The van der Waals surface area contributed by atoms with Gasteiger partial charge in [-0.05, 0) is 31.2 Å². The highest BCUT2D eigenvalue weighted by Gasteiger charge is 2.30. The Balaban J connectivity index is 2.63. The van der Waals surface area contributed by atoms with E-state index in [4.69, 9.17) is 6.42 Å². The number of alkyl halides is 3. The quantitative estimate of drug-likeness (QED) is 0.824. The number of anilines is 1. The topological polar surface area (TPSA) is 41.1 Å². The molecule has 2 N–H and O–H groups in total. The van der Waals surface area contributed by atoms with Crippen LogP contribution in [0.3, 0.4) is 0 Å². The van der Waals surface area contributed by atoms with E-state index in [0.717, 1.165) is 12.1 Å². The molecule has 1 atom stereocenters. The fourth-order valence-electron chi connectivity index (χ4n) is 1.36. The zero-order valence-corrected chi connectivity index (χ0v) is 10.2. The molecule has 0 aromatic heterocycles. The van der Waals surface area contributed by atoms with Gasteiger partial charge in [0, 0.05) is 5.69 Å². The molecule has 1 rings (SSSR count). The van der Waals surface area contributed by atoms with Crippen LogP contribution in [-0.4, -0.2) is 18.5 Å². The van der Waals surface area contributed by atoms with Crippen molar-refractivity contribution in [3.8, 4) is 12.3 Å². The highest BCUT2D eigenvalue weighted by atomic mass is 19.4. The molecule has 102 valence electrons. The van der Waals surface area contributed by atoms with Crippen molar-refractivity contribution in [1.82, 2.24) is 5.32 Å². The Morgan fingerprint density at radius 3 is 2.42 bits per heavy atom. The first kappa shape index (κ1) is 14.9. The lowest BCUT2D eigenvalue weighted by atomic mass is 10.2. The molecule has 0 aliphatic rings. The number of amides is 1. The van der Waals surface area contributed by atoms with Crippen molar-refractivity contribution in [2.45, 2.75) is 19.1 Å². The molecule has 0 heterocycles. The molecule has 1 amide bonds. The number of terminal acetylenes is 1. The Bertz CT molecular complexity index is 474. The van der Waals surface area contributed by atoms with Gasteiger partial charge in [0.1, 0.15) is 6.04 Å². The second-order valence-corrected chi connectivity index (χ2v) is 3.86. The summed E-state index contributed by atoms with van der Waals surface area (Å²) in [5.41, 5.74) is -0.307. The molecule has 0 saturated carbocycles. The third-order valence-electron chi connectivity index (χ3n) is 2.35. The Labute approximate surface area is 109 Å². The summed E-state index contributed by atoms with van der Waals surface area (Å²) in [7, 11) is 0. The maximum Gasteiger partial charge on any atom is 0.416 e. The number of carbonyl (C=O) groups excluding carboxylic acids is 1. The summed E-state index contributed by atoms with van der Waals surface area (Å²) < 4.78 is 37.0. The number of nitrogens with one attached hydrogen (secondary N) is 2. The van der Waals surface area contributed by atoms with Gasteiger partial charge >= 0.3 is 6.18 Å². The number of hydrogen-bond acceptors (Lipinski definition) is 2. The molecule has 1 aromatic rings. The second kappa shape index (κ2) is 6.14. The van der Waals surface area contributed by atoms with Crippen molar-refractivity contribution in [1.29, 1.82) is 0 Å². The SMILES string of the molecule is C#CCNC(=O)C(C)Nc1ccc(C(F)(F)F)cc1. The first-order chi connectivity index (χ1) is 8.84. The van der Waals surface area contributed by atoms with E-state index in [0.29, 0.717) is 5.69 Å². The summed E-state index contributed by atoms with van der Waals surface area (Å²) in [6.45, 7) is 1.70. The van der Waals surface area contributed by atoms with Gasteiger partial charge in [-0.1, -0.05) is 5.92 Å². The van der Waals surface area contributed by atoms with Gasteiger partial charge in [0.2, 0.25) is 5.91 Å². The molecular formula is C13H13F3N2O. The molecule has 3 nitrogen and oxygen atoms in total. The van der Waals surface area contributed by atoms with E-state index in [1.165, 1.54) is 12.1 Å². The molecule has 6 heteroatoms. The summed E-state index contributed by atoms with van der Waals surface area (Å²) in [5, 5.41) is 5.25. The first-order valence-electron chi connectivity index (χ1n) is 5.49. The molecule has 0 fully saturated rings. The lowest BCUT2D eigenvalue weighted by molar-refractivity contribution is -0.137. The van der Waals surface area contributed by atoms with Crippen LogP contribution in [0.4, 0.5) is 18.9 Å². The van der Waals surface area contributed by atoms with Crippen LogP contribution in [-0.2, 0) is 11.0 Å². The molecule has 0 aliphatic heterocycles. The van der Waals surface area contributed by atoms with Gasteiger partial charge in [-0.3, -0.25) is 4.79 Å². The van der Waals surface area contributed by atoms with Gasteiger partial charge in [-0.2, -0.15) is 13.2 Å². The lowest BCUT2D eigenvalue weighted by Crippen LogP contribution is -2.37. The van der Waals surface area contributed by atoms with Gasteiger partial charge in [0.15, 0.2) is 0 Å². The van der Waals surface area contributed by atoms with E-state index in [2.05, 4.69) is 16.6 Å². The predicted octanol–water partition coefficient (Wildman–Crippen LogP) is 2.26. The largest absolute Gasteiger partial charge is 0.416 e. The molecule has 0 aliphatic carbocycles. The van der Waals surface area contributed by atoms with Crippen molar-refractivity contribution in [2.75, 3.05) is 11.9 Å². The second-order valence-electron chi connectivity index (χ2n) is 3.86. The third-order valence-corrected chi connectivity index (χ3v) is 2.35. The number of hydrogen-bond donors (Lipinski definition) is 2. The minimum atomic E-state index is -4.37. The number of rotatable bonds is 4. The van der Waals surface area contributed by atoms with Gasteiger partial charge < -0.3 is 10.6 Å². The van der Waals surface area contributed by atoms with E-state index in [-0.39, 0.29) is 12.5 Å². The Kier molecular flexibility index (Phi) is 4.81. The Morgan fingerprint density at radius 2 is 1.95 bits per heavy atom. The van der Waals surface area contributed by atoms with Gasteiger partial charge in [0.05, 0.1) is 12.1 Å². The molecule has 1 unspecified atom stereocenters. The monoisotopic (exact) mass is 270 g/mol. The van der Waals surface area contributed by atoms with Crippen molar-refractivity contribution < 1.29 is 18.0 Å². The highest BCUT2D eigenvalue weighted by Crippen LogP contribution is 2.29. The number of carbonyl (C=O) groups is 1. The standard InChI is InChI=1S/C13H13F3N2O/c1-3-8-17-12(19)9(2)18-11-6-4-10(5-7-11)13(14,15)16/h1,4-7,9,18H,8H2,2H3,(H,17,19). The van der Waals surface area contributed by atoms with Crippen LogP contribution in [0, 0.1) is 12.3 Å². The van der Waals surface area contributed by atoms with E-state index in [1.54, 1.807) is 6.92 Å². The minimum Gasteiger partial charge on any atom is -0.374 e. The summed E-state index contributed by atoms with van der Waals surface area (Å²) in [6, 6.07) is 3.86. The zero-order chi connectivity index (χ0) is 14.5. The maximum atomic E-state index is 12.3. The molecule has 0 bridgehead atoms. The molecule has 0 saturated heterocycles. The Hall–Kier alpha value is -2.16. The van der Waals surface area contributed by atoms with Gasteiger partial charge in [-0.15, -0.1) is 6.42 Å². The van der Waals surface area contributed by atoms with Crippen molar-refractivity contribution >= 4 is 11.6 Å². The average molecular weight is 270 g/mol. The van der Waals surface area contributed by atoms with Crippen molar-refractivity contribution in [3.05, 3.63) is 29.8 Å². The predicted molar refractivity (Wildman–Crippen MR) is 66.4 cm³/mol. The molecule has 19 heavy (non-hydrogen) atoms. The van der Waals surface area contributed by atoms with Crippen LogP contribution >= 0.6 is 0 Å². The van der Waals surface area contributed by atoms with Gasteiger partial charge in [-0.25, -0.2) is 0 Å². The van der Waals surface area contributed by atoms with Crippen molar-refractivity contribution in [3.63, 3.8) is 0 Å². The average Bonchev–Trinajstić information content (AvgIpc) is 2.35. The fraction of sp³-hybridized carbons (Fsp3) is 0.308. The first-order valence-corrected chi connectivity index (χ1v) is 5.49. The normalized spacial score (nSPS) is 12.4. The number of halogens is 3. The van der Waals surface area contributed by atoms with E-state index in [9.17, 15) is 18.0 Å². The van der Waals surface area contributed by atoms with Crippen LogP contribution in [0.2, 0.25) is 0 Å². The zero-order valence-electron chi connectivity index (χ0n) is 10.2. The lowest BCUT2D eigenvalue weighted by Gasteiger charge is -2.15. The minimum absolute atomic E-state index is 0.109. The molecule has 0 radical (unpaired) electrons. The maximum absolute atomic E-state index is 12.3. The van der Waals surface area contributed by atoms with E-state index >= 15 is 0 Å². The molecule has 1 aromatic carbocycles. The molecule has 0 spiro atoms. The van der Waals surface area contributed by atoms with Crippen LogP contribution in [0.15, 0.2) is 24.3 Å². The summed E-state index contributed by atoms with van der Waals surface area (Å²) >= 11 is 0. The molecular weight excluding hydrogens is 257 g/mol. The van der Waals surface area contributed by atoms with E-state index < -0.39 is 17.8 Å². The third kappa shape index (κ3) is 4.54. The number of benzene rings is 1. The fourth-order valence-corrected chi connectivity index (χ4v) is 1.36. The van der Waals surface area contributed by atoms with Crippen LogP contribution in [0.25, 0.3) is 0 Å². The van der Waals surface area contributed by atoms with Crippen LogP contribution in [0.1, 0.15) is 12.5 Å².